The van der Waals surface area contributed by atoms with E-state index in [4.69, 9.17) is 5.11 Å². The second-order valence-electron chi connectivity index (χ2n) is 6.16. The molecule has 0 atom stereocenters. The number of carboxylic acids is 1. The summed E-state index contributed by atoms with van der Waals surface area (Å²) in [5, 5.41) is 8.59. The fourth-order valence-electron chi connectivity index (χ4n) is 2.89. The SMILES string of the molecule is Cc1cc(S(=O)(=O)N2CCN(C(=O)CCCCC(=O)O)CC2)c(C)s1. The molecular weight excluding hydrogens is 364 g/mol. The molecule has 7 nitrogen and oxygen atoms in total. The third kappa shape index (κ3) is 5.02. The second-order valence-corrected chi connectivity index (χ2v) is 9.53. The van der Waals surface area contributed by atoms with E-state index < -0.39 is 16.0 Å². The van der Waals surface area contributed by atoms with Gasteiger partial charge < -0.3 is 10.0 Å². The lowest BCUT2D eigenvalue weighted by atomic mass is 10.1. The van der Waals surface area contributed by atoms with E-state index in [1.165, 1.54) is 15.6 Å². The van der Waals surface area contributed by atoms with Crippen molar-refractivity contribution in [3.8, 4) is 0 Å². The molecule has 1 aliphatic rings. The number of hydrogen-bond donors (Lipinski definition) is 1. The van der Waals surface area contributed by atoms with Gasteiger partial charge in [-0.25, -0.2) is 8.42 Å². The highest BCUT2D eigenvalue weighted by atomic mass is 32.2. The van der Waals surface area contributed by atoms with E-state index in [2.05, 4.69) is 0 Å². The van der Waals surface area contributed by atoms with E-state index in [1.807, 2.05) is 6.92 Å². The summed E-state index contributed by atoms with van der Waals surface area (Å²) in [6.07, 6.45) is 1.39. The Morgan fingerprint density at radius 1 is 1.12 bits per heavy atom. The van der Waals surface area contributed by atoms with Crippen LogP contribution in [-0.2, 0) is 19.6 Å². The summed E-state index contributed by atoms with van der Waals surface area (Å²) in [4.78, 5) is 26.4. The van der Waals surface area contributed by atoms with Crippen LogP contribution >= 0.6 is 11.3 Å². The van der Waals surface area contributed by atoms with Crippen LogP contribution in [0.1, 0.15) is 35.4 Å². The normalized spacial score (nSPS) is 16.2. The first-order valence-corrected chi connectivity index (χ1v) is 10.5. The fourth-order valence-corrected chi connectivity index (χ4v) is 5.84. The van der Waals surface area contributed by atoms with Gasteiger partial charge in [-0.1, -0.05) is 0 Å². The van der Waals surface area contributed by atoms with Crippen LogP contribution in [0.4, 0.5) is 0 Å². The van der Waals surface area contributed by atoms with Crippen molar-refractivity contribution in [3.63, 3.8) is 0 Å². The van der Waals surface area contributed by atoms with Gasteiger partial charge in [-0.3, -0.25) is 9.59 Å². The van der Waals surface area contributed by atoms with E-state index in [9.17, 15) is 18.0 Å². The largest absolute Gasteiger partial charge is 0.481 e. The molecule has 0 bridgehead atoms. The average Bonchev–Trinajstić information content (AvgIpc) is 2.90. The number of rotatable bonds is 7. The molecule has 1 N–H and O–H groups in total. The lowest BCUT2D eigenvalue weighted by Crippen LogP contribution is -2.50. The van der Waals surface area contributed by atoms with Gasteiger partial charge in [0, 0.05) is 48.8 Å². The van der Waals surface area contributed by atoms with E-state index >= 15 is 0 Å². The van der Waals surface area contributed by atoms with E-state index in [0.717, 1.165) is 9.75 Å². The first kappa shape index (κ1) is 19.9. The van der Waals surface area contributed by atoms with Crippen LogP contribution in [0.3, 0.4) is 0 Å². The average molecular weight is 389 g/mol. The highest BCUT2D eigenvalue weighted by Crippen LogP contribution is 2.28. The summed E-state index contributed by atoms with van der Waals surface area (Å²) < 4.78 is 26.9. The molecule has 0 radical (unpaired) electrons. The molecule has 2 heterocycles. The molecule has 25 heavy (non-hydrogen) atoms. The summed E-state index contributed by atoms with van der Waals surface area (Å²) in [7, 11) is -3.51. The Bertz CT molecular complexity index is 734. The Balaban J connectivity index is 1.87. The summed E-state index contributed by atoms with van der Waals surface area (Å²) >= 11 is 1.47. The minimum absolute atomic E-state index is 0.0370. The zero-order valence-corrected chi connectivity index (χ0v) is 16.2. The number of sulfonamides is 1. The highest BCUT2D eigenvalue weighted by Gasteiger charge is 2.31. The van der Waals surface area contributed by atoms with Gasteiger partial charge in [-0.15, -0.1) is 11.3 Å². The summed E-state index contributed by atoms with van der Waals surface area (Å²) in [5.74, 6) is -0.893. The number of carbonyl (C=O) groups is 2. The molecule has 0 spiro atoms. The van der Waals surface area contributed by atoms with Crippen molar-refractivity contribution >= 4 is 33.2 Å². The van der Waals surface area contributed by atoms with E-state index in [1.54, 1.807) is 17.9 Å². The van der Waals surface area contributed by atoms with Gasteiger partial charge in [0.05, 0.1) is 4.90 Å². The smallest absolute Gasteiger partial charge is 0.303 e. The lowest BCUT2D eigenvalue weighted by molar-refractivity contribution is -0.137. The quantitative estimate of drug-likeness (QED) is 0.719. The Kier molecular flexibility index (Phi) is 6.59. The maximum atomic E-state index is 12.7. The van der Waals surface area contributed by atoms with E-state index in [-0.39, 0.29) is 25.4 Å². The summed E-state index contributed by atoms with van der Waals surface area (Å²) in [6, 6.07) is 1.70. The van der Waals surface area contributed by atoms with Gasteiger partial charge in [0.25, 0.3) is 0 Å². The topological polar surface area (TPSA) is 95.0 Å². The molecule has 1 amide bonds. The third-order valence-corrected chi connectivity index (χ3v) is 7.36. The van der Waals surface area contributed by atoms with Gasteiger partial charge in [0.15, 0.2) is 0 Å². The Morgan fingerprint density at radius 3 is 2.24 bits per heavy atom. The lowest BCUT2D eigenvalue weighted by Gasteiger charge is -2.34. The first-order valence-electron chi connectivity index (χ1n) is 8.28. The van der Waals surface area contributed by atoms with Crippen LogP contribution in [-0.4, -0.2) is 60.8 Å². The molecule has 0 saturated carbocycles. The van der Waals surface area contributed by atoms with Crippen LogP contribution in [0, 0.1) is 13.8 Å². The predicted molar refractivity (Wildman–Crippen MR) is 95.2 cm³/mol. The molecule has 0 aliphatic carbocycles. The number of nitrogens with zero attached hydrogens (tertiary/aromatic N) is 2. The van der Waals surface area contributed by atoms with Crippen LogP contribution in [0.2, 0.25) is 0 Å². The monoisotopic (exact) mass is 388 g/mol. The number of hydrogen-bond acceptors (Lipinski definition) is 5. The molecule has 2 rings (SSSR count). The number of piperazine rings is 1. The van der Waals surface area contributed by atoms with Gasteiger partial charge in [-0.2, -0.15) is 4.31 Å². The number of aliphatic carboxylic acids is 1. The number of unbranched alkanes of at least 4 members (excludes halogenated alkanes) is 1. The number of thiophene rings is 1. The van der Waals surface area contributed by atoms with Crippen molar-refractivity contribution in [2.24, 2.45) is 0 Å². The Hall–Kier alpha value is -1.45. The molecule has 0 unspecified atom stereocenters. The summed E-state index contributed by atoms with van der Waals surface area (Å²) in [6.45, 7) is 5.02. The predicted octanol–water partition coefficient (Wildman–Crippen LogP) is 1.84. The number of amides is 1. The van der Waals surface area contributed by atoms with Crippen LogP contribution < -0.4 is 0 Å². The molecule has 140 valence electrons. The van der Waals surface area contributed by atoms with E-state index in [0.29, 0.717) is 37.2 Å². The second kappa shape index (κ2) is 8.29. The van der Waals surface area contributed by atoms with Crippen molar-refractivity contribution in [1.29, 1.82) is 0 Å². The van der Waals surface area contributed by atoms with Gasteiger partial charge >= 0.3 is 5.97 Å². The maximum Gasteiger partial charge on any atom is 0.303 e. The zero-order chi connectivity index (χ0) is 18.6. The third-order valence-electron chi connectivity index (χ3n) is 4.24. The molecule has 1 aromatic rings. The van der Waals surface area contributed by atoms with Crippen LogP contribution in [0.15, 0.2) is 11.0 Å². The van der Waals surface area contributed by atoms with Crippen molar-refractivity contribution in [2.75, 3.05) is 26.2 Å². The molecule has 0 aromatic carbocycles. The van der Waals surface area contributed by atoms with Crippen molar-refractivity contribution < 1.29 is 23.1 Å². The van der Waals surface area contributed by atoms with Gasteiger partial charge in [0.1, 0.15) is 0 Å². The van der Waals surface area contributed by atoms with Crippen LogP contribution in [0.25, 0.3) is 0 Å². The Labute approximate surface area is 152 Å². The number of carbonyl (C=O) groups excluding carboxylic acids is 1. The first-order chi connectivity index (χ1) is 11.7. The minimum atomic E-state index is -3.51. The standard InChI is InChI=1S/C16H24N2O5S2/c1-12-11-14(13(2)24-12)25(22,23)18-9-7-17(8-10-18)15(19)5-3-4-6-16(20)21/h11H,3-10H2,1-2H3,(H,20,21). The van der Waals surface area contributed by atoms with Gasteiger partial charge in [0.2, 0.25) is 15.9 Å². The van der Waals surface area contributed by atoms with Crippen molar-refractivity contribution in [3.05, 3.63) is 15.8 Å². The molecule has 1 saturated heterocycles. The summed E-state index contributed by atoms with van der Waals surface area (Å²) in [5.41, 5.74) is 0. The molecule has 1 fully saturated rings. The van der Waals surface area contributed by atoms with Gasteiger partial charge in [-0.05, 0) is 32.8 Å². The fraction of sp³-hybridized carbons (Fsp3) is 0.625. The zero-order valence-electron chi connectivity index (χ0n) is 14.5. The Morgan fingerprint density at radius 2 is 1.72 bits per heavy atom. The molecular formula is C16H24N2O5S2. The van der Waals surface area contributed by atoms with Crippen molar-refractivity contribution in [1.82, 2.24) is 9.21 Å². The molecule has 1 aliphatic heterocycles. The highest BCUT2D eigenvalue weighted by molar-refractivity contribution is 7.89. The number of aryl methyl sites for hydroxylation is 2. The minimum Gasteiger partial charge on any atom is -0.481 e. The molecule has 1 aromatic heterocycles. The van der Waals surface area contributed by atoms with Crippen LogP contribution in [0.5, 0.6) is 0 Å². The maximum absolute atomic E-state index is 12.7. The van der Waals surface area contributed by atoms with Crippen molar-refractivity contribution in [2.45, 2.75) is 44.4 Å². The molecule has 9 heteroatoms. The number of carboxylic acid groups (broad SMARTS) is 1.